The molecule has 0 aliphatic rings. The van der Waals surface area contributed by atoms with Gasteiger partial charge in [-0.1, -0.05) is 42.5 Å². The van der Waals surface area contributed by atoms with Crippen LogP contribution in [0.4, 0.5) is 0 Å². The summed E-state index contributed by atoms with van der Waals surface area (Å²) in [5, 5.41) is 9.01. The third kappa shape index (κ3) is 4.10. The van der Waals surface area contributed by atoms with Crippen LogP contribution in [0.1, 0.15) is 15.9 Å². The fraction of sp³-hybridized carbons (Fsp3) is 0.188. The highest BCUT2D eigenvalue weighted by Gasteiger charge is 2.09. The number of carboxylic acid groups (broad SMARTS) is 1. The van der Waals surface area contributed by atoms with Gasteiger partial charge in [-0.15, -0.1) is 0 Å². The highest BCUT2D eigenvalue weighted by molar-refractivity contribution is 5.90. The number of benzene rings is 2. The second-order valence-electron chi connectivity index (χ2n) is 4.19. The first kappa shape index (κ1) is 14.1. The first-order valence-corrected chi connectivity index (χ1v) is 6.34. The molecule has 0 aliphatic carbocycles. The number of hydrogen-bond acceptors (Lipinski definition) is 3. The van der Waals surface area contributed by atoms with Gasteiger partial charge in [-0.2, -0.15) is 0 Å². The third-order valence-corrected chi connectivity index (χ3v) is 2.71. The summed E-state index contributed by atoms with van der Waals surface area (Å²) in [5.74, 6) is -0.630. The van der Waals surface area contributed by atoms with Gasteiger partial charge in [0.05, 0.1) is 13.2 Å². The van der Waals surface area contributed by atoms with Crippen LogP contribution < -0.4 is 4.74 Å². The maximum absolute atomic E-state index is 11.0. The molecule has 0 unspecified atom stereocenters. The molecule has 0 spiro atoms. The van der Waals surface area contributed by atoms with Crippen LogP contribution in [-0.4, -0.2) is 24.3 Å². The summed E-state index contributed by atoms with van der Waals surface area (Å²) in [7, 11) is 0. The molecule has 0 aliphatic heterocycles. The Labute approximate surface area is 117 Å². The van der Waals surface area contributed by atoms with Crippen molar-refractivity contribution in [2.45, 2.75) is 6.61 Å². The van der Waals surface area contributed by atoms with E-state index in [0.29, 0.717) is 25.6 Å². The second-order valence-corrected chi connectivity index (χ2v) is 4.19. The van der Waals surface area contributed by atoms with Gasteiger partial charge in [0.2, 0.25) is 0 Å². The normalized spacial score (nSPS) is 10.2. The third-order valence-electron chi connectivity index (χ3n) is 2.71. The summed E-state index contributed by atoms with van der Waals surface area (Å²) >= 11 is 0. The molecule has 0 bridgehead atoms. The van der Waals surface area contributed by atoms with Crippen LogP contribution >= 0.6 is 0 Å². The molecule has 2 aromatic carbocycles. The molecule has 0 saturated heterocycles. The average Bonchev–Trinajstić information content (AvgIpc) is 2.48. The van der Waals surface area contributed by atoms with Crippen LogP contribution in [0.2, 0.25) is 0 Å². The van der Waals surface area contributed by atoms with Gasteiger partial charge >= 0.3 is 5.97 Å². The number of carboxylic acids is 1. The number of ether oxygens (including phenoxy) is 2. The predicted molar refractivity (Wildman–Crippen MR) is 75.0 cm³/mol. The molecule has 20 heavy (non-hydrogen) atoms. The standard InChI is InChI=1S/C16H16O4/c17-16(18)14-8-4-5-9-15(14)20-11-10-19-12-13-6-2-1-3-7-13/h1-9H,10-12H2,(H,17,18). The monoisotopic (exact) mass is 272 g/mol. The molecule has 0 radical (unpaired) electrons. The highest BCUT2D eigenvalue weighted by Crippen LogP contribution is 2.17. The Morgan fingerprint density at radius 1 is 0.950 bits per heavy atom. The van der Waals surface area contributed by atoms with E-state index < -0.39 is 5.97 Å². The minimum atomic E-state index is -0.995. The molecular formula is C16H16O4. The Morgan fingerprint density at radius 3 is 2.40 bits per heavy atom. The molecular weight excluding hydrogens is 256 g/mol. The Bertz CT molecular complexity index is 551. The molecule has 0 heterocycles. The molecule has 4 heteroatoms. The summed E-state index contributed by atoms with van der Waals surface area (Å²) in [5.41, 5.74) is 1.26. The van der Waals surface area contributed by atoms with Gasteiger partial charge in [-0.25, -0.2) is 4.79 Å². The van der Waals surface area contributed by atoms with Gasteiger partial charge in [-0.05, 0) is 17.7 Å². The van der Waals surface area contributed by atoms with Gasteiger partial charge in [0, 0.05) is 0 Å². The summed E-state index contributed by atoms with van der Waals surface area (Å²) in [6.45, 7) is 1.24. The van der Waals surface area contributed by atoms with Gasteiger partial charge in [0.15, 0.2) is 0 Å². The number of para-hydroxylation sites is 1. The van der Waals surface area contributed by atoms with Crippen molar-refractivity contribution in [3.8, 4) is 5.75 Å². The van der Waals surface area contributed by atoms with Gasteiger partial charge < -0.3 is 14.6 Å². The van der Waals surface area contributed by atoms with Crippen molar-refractivity contribution < 1.29 is 19.4 Å². The number of carbonyl (C=O) groups is 1. The Hall–Kier alpha value is -2.33. The van der Waals surface area contributed by atoms with Crippen molar-refractivity contribution in [3.05, 3.63) is 65.7 Å². The van der Waals surface area contributed by atoms with Crippen molar-refractivity contribution in [1.29, 1.82) is 0 Å². The lowest BCUT2D eigenvalue weighted by molar-refractivity contribution is 0.0681. The zero-order chi connectivity index (χ0) is 14.2. The fourth-order valence-electron chi connectivity index (χ4n) is 1.74. The number of aromatic carboxylic acids is 1. The van der Waals surface area contributed by atoms with E-state index in [9.17, 15) is 4.79 Å². The van der Waals surface area contributed by atoms with Crippen molar-refractivity contribution in [2.75, 3.05) is 13.2 Å². The maximum Gasteiger partial charge on any atom is 0.339 e. The van der Waals surface area contributed by atoms with Crippen molar-refractivity contribution >= 4 is 5.97 Å². The lowest BCUT2D eigenvalue weighted by Gasteiger charge is -2.09. The lowest BCUT2D eigenvalue weighted by Crippen LogP contribution is -2.09. The molecule has 2 aromatic rings. The maximum atomic E-state index is 11.0. The van der Waals surface area contributed by atoms with Crippen molar-refractivity contribution in [1.82, 2.24) is 0 Å². The van der Waals surface area contributed by atoms with E-state index in [1.807, 2.05) is 30.3 Å². The smallest absolute Gasteiger partial charge is 0.339 e. The minimum absolute atomic E-state index is 0.163. The quantitative estimate of drug-likeness (QED) is 0.787. The van der Waals surface area contributed by atoms with Crippen LogP contribution in [0.3, 0.4) is 0 Å². The van der Waals surface area contributed by atoms with E-state index in [0.717, 1.165) is 5.56 Å². The zero-order valence-corrected chi connectivity index (χ0v) is 11.0. The minimum Gasteiger partial charge on any atom is -0.490 e. The lowest BCUT2D eigenvalue weighted by atomic mass is 10.2. The van der Waals surface area contributed by atoms with Crippen molar-refractivity contribution in [3.63, 3.8) is 0 Å². The Balaban J connectivity index is 1.75. The van der Waals surface area contributed by atoms with Gasteiger partial charge in [0.1, 0.15) is 17.9 Å². The molecule has 4 nitrogen and oxygen atoms in total. The van der Waals surface area contributed by atoms with Crippen LogP contribution in [0.5, 0.6) is 5.75 Å². The summed E-state index contributed by atoms with van der Waals surface area (Å²) in [6.07, 6.45) is 0. The summed E-state index contributed by atoms with van der Waals surface area (Å²) in [4.78, 5) is 11.0. The van der Waals surface area contributed by atoms with Gasteiger partial charge in [-0.3, -0.25) is 0 Å². The average molecular weight is 272 g/mol. The van der Waals surface area contributed by atoms with E-state index in [-0.39, 0.29) is 5.56 Å². The Kier molecular flexibility index (Phi) is 5.15. The molecule has 0 saturated carbocycles. The largest absolute Gasteiger partial charge is 0.490 e. The summed E-state index contributed by atoms with van der Waals surface area (Å²) in [6, 6.07) is 16.4. The first-order valence-electron chi connectivity index (χ1n) is 6.34. The van der Waals surface area contributed by atoms with Crippen LogP contribution in [-0.2, 0) is 11.3 Å². The molecule has 0 fully saturated rings. The van der Waals surface area contributed by atoms with E-state index in [2.05, 4.69) is 0 Å². The van der Waals surface area contributed by atoms with E-state index in [1.165, 1.54) is 6.07 Å². The molecule has 1 N–H and O–H groups in total. The summed E-state index contributed by atoms with van der Waals surface area (Å²) < 4.78 is 10.9. The molecule has 0 amide bonds. The second kappa shape index (κ2) is 7.31. The van der Waals surface area contributed by atoms with Gasteiger partial charge in [0.25, 0.3) is 0 Å². The SMILES string of the molecule is O=C(O)c1ccccc1OCCOCc1ccccc1. The fourth-order valence-corrected chi connectivity index (χ4v) is 1.74. The van der Waals surface area contributed by atoms with E-state index >= 15 is 0 Å². The van der Waals surface area contributed by atoms with Crippen LogP contribution in [0, 0.1) is 0 Å². The molecule has 2 rings (SSSR count). The number of hydrogen-bond donors (Lipinski definition) is 1. The van der Waals surface area contributed by atoms with Crippen LogP contribution in [0.25, 0.3) is 0 Å². The molecule has 0 atom stereocenters. The molecule has 0 aromatic heterocycles. The zero-order valence-electron chi connectivity index (χ0n) is 11.0. The van der Waals surface area contributed by atoms with Crippen molar-refractivity contribution in [2.24, 2.45) is 0 Å². The number of rotatable bonds is 7. The highest BCUT2D eigenvalue weighted by atomic mass is 16.5. The predicted octanol–water partition coefficient (Wildman–Crippen LogP) is 2.98. The van der Waals surface area contributed by atoms with Crippen LogP contribution in [0.15, 0.2) is 54.6 Å². The topological polar surface area (TPSA) is 55.8 Å². The van der Waals surface area contributed by atoms with E-state index in [1.54, 1.807) is 18.2 Å². The Morgan fingerprint density at radius 2 is 1.65 bits per heavy atom. The van der Waals surface area contributed by atoms with E-state index in [4.69, 9.17) is 14.6 Å². The molecule has 104 valence electrons. The first-order chi connectivity index (χ1) is 9.77.